The molecule has 0 saturated carbocycles. The van der Waals surface area contributed by atoms with E-state index in [0.717, 1.165) is 24.6 Å². The van der Waals surface area contributed by atoms with E-state index in [0.29, 0.717) is 6.54 Å². The molecule has 0 saturated heterocycles. The van der Waals surface area contributed by atoms with E-state index < -0.39 is 0 Å². The lowest BCUT2D eigenvalue weighted by molar-refractivity contribution is 0.684. The molecular formula is C13H21N7. The minimum Gasteiger partial charge on any atom is -0.356 e. The van der Waals surface area contributed by atoms with Crippen molar-refractivity contribution in [1.29, 1.82) is 0 Å². The SMILES string of the molecule is CN=C(NCCc1cnn(C)c1)NCc1ccnn1C. The lowest BCUT2D eigenvalue weighted by atomic mass is 10.2. The molecule has 0 unspecified atom stereocenters. The van der Waals surface area contributed by atoms with Crippen LogP contribution in [0.2, 0.25) is 0 Å². The van der Waals surface area contributed by atoms with Crippen molar-refractivity contribution in [2.45, 2.75) is 13.0 Å². The van der Waals surface area contributed by atoms with E-state index in [1.54, 1.807) is 13.2 Å². The maximum absolute atomic E-state index is 4.20. The van der Waals surface area contributed by atoms with E-state index in [1.165, 1.54) is 5.56 Å². The molecule has 0 atom stereocenters. The molecule has 2 rings (SSSR count). The lowest BCUT2D eigenvalue weighted by Crippen LogP contribution is -2.38. The fourth-order valence-electron chi connectivity index (χ4n) is 1.90. The molecule has 108 valence electrons. The van der Waals surface area contributed by atoms with Crippen LogP contribution in [0.5, 0.6) is 0 Å². The van der Waals surface area contributed by atoms with Crippen molar-refractivity contribution < 1.29 is 0 Å². The van der Waals surface area contributed by atoms with Gasteiger partial charge in [0.15, 0.2) is 5.96 Å². The molecule has 0 aliphatic carbocycles. The Morgan fingerprint density at radius 3 is 2.75 bits per heavy atom. The van der Waals surface area contributed by atoms with Crippen LogP contribution in [0.25, 0.3) is 0 Å². The van der Waals surface area contributed by atoms with Gasteiger partial charge >= 0.3 is 0 Å². The van der Waals surface area contributed by atoms with Crippen LogP contribution in [0, 0.1) is 0 Å². The van der Waals surface area contributed by atoms with Gasteiger partial charge in [-0.05, 0) is 18.1 Å². The van der Waals surface area contributed by atoms with Gasteiger partial charge in [0.25, 0.3) is 0 Å². The van der Waals surface area contributed by atoms with Gasteiger partial charge in [-0.2, -0.15) is 10.2 Å². The van der Waals surface area contributed by atoms with E-state index in [9.17, 15) is 0 Å². The molecule has 7 nitrogen and oxygen atoms in total. The predicted molar refractivity (Wildman–Crippen MR) is 78.3 cm³/mol. The summed E-state index contributed by atoms with van der Waals surface area (Å²) in [5.74, 6) is 0.787. The molecule has 2 N–H and O–H groups in total. The molecule has 0 aliphatic rings. The van der Waals surface area contributed by atoms with Gasteiger partial charge in [-0.25, -0.2) is 0 Å². The fraction of sp³-hybridized carbons (Fsp3) is 0.462. The largest absolute Gasteiger partial charge is 0.356 e. The summed E-state index contributed by atoms with van der Waals surface area (Å²) >= 11 is 0. The van der Waals surface area contributed by atoms with Gasteiger partial charge in [0, 0.05) is 40.1 Å². The number of rotatable bonds is 5. The van der Waals surface area contributed by atoms with Crippen LogP contribution in [0.3, 0.4) is 0 Å². The van der Waals surface area contributed by atoms with Crippen molar-refractivity contribution in [1.82, 2.24) is 30.2 Å². The van der Waals surface area contributed by atoms with Crippen molar-refractivity contribution in [3.63, 3.8) is 0 Å². The summed E-state index contributed by atoms with van der Waals surface area (Å²) in [6.45, 7) is 1.51. The van der Waals surface area contributed by atoms with Gasteiger partial charge in [0.2, 0.25) is 0 Å². The second-order valence-electron chi connectivity index (χ2n) is 4.57. The molecule has 0 amide bonds. The highest BCUT2D eigenvalue weighted by atomic mass is 15.3. The average molecular weight is 275 g/mol. The van der Waals surface area contributed by atoms with Gasteiger partial charge < -0.3 is 10.6 Å². The summed E-state index contributed by atoms with van der Waals surface area (Å²) < 4.78 is 3.65. The van der Waals surface area contributed by atoms with Crippen LogP contribution in [-0.2, 0) is 27.1 Å². The van der Waals surface area contributed by atoms with E-state index >= 15 is 0 Å². The highest BCUT2D eigenvalue weighted by Gasteiger charge is 2.02. The summed E-state index contributed by atoms with van der Waals surface area (Å²) in [6, 6.07) is 1.98. The molecule has 0 aliphatic heterocycles. The zero-order valence-electron chi connectivity index (χ0n) is 12.2. The fourth-order valence-corrected chi connectivity index (χ4v) is 1.90. The normalized spacial score (nSPS) is 11.7. The molecule has 0 fully saturated rings. The maximum atomic E-state index is 4.20. The molecule has 0 aromatic carbocycles. The van der Waals surface area contributed by atoms with E-state index in [4.69, 9.17) is 0 Å². The summed E-state index contributed by atoms with van der Waals surface area (Å²) in [6.07, 6.45) is 6.61. The Balaban J connectivity index is 1.74. The Morgan fingerprint density at radius 2 is 2.15 bits per heavy atom. The number of hydrogen-bond donors (Lipinski definition) is 2. The summed E-state index contributed by atoms with van der Waals surface area (Å²) in [5, 5.41) is 14.8. The van der Waals surface area contributed by atoms with Crippen LogP contribution in [-0.4, -0.2) is 39.1 Å². The maximum Gasteiger partial charge on any atom is 0.191 e. The number of aliphatic imine (C=N–C) groups is 1. The first-order chi connectivity index (χ1) is 9.69. The first-order valence-corrected chi connectivity index (χ1v) is 6.58. The van der Waals surface area contributed by atoms with Gasteiger partial charge in [-0.1, -0.05) is 0 Å². The zero-order valence-corrected chi connectivity index (χ0v) is 12.2. The number of nitrogens with one attached hydrogen (secondary N) is 2. The van der Waals surface area contributed by atoms with Crippen LogP contribution < -0.4 is 10.6 Å². The molecule has 2 heterocycles. The highest BCUT2D eigenvalue weighted by Crippen LogP contribution is 1.96. The third kappa shape index (κ3) is 3.84. The Labute approximate surface area is 118 Å². The minimum atomic E-state index is 0.697. The first kappa shape index (κ1) is 14.1. The lowest BCUT2D eigenvalue weighted by Gasteiger charge is -2.11. The van der Waals surface area contributed by atoms with Crippen molar-refractivity contribution in [2.24, 2.45) is 19.1 Å². The van der Waals surface area contributed by atoms with Gasteiger partial charge in [0.1, 0.15) is 0 Å². The van der Waals surface area contributed by atoms with Gasteiger partial charge in [-0.3, -0.25) is 14.4 Å². The quantitative estimate of drug-likeness (QED) is 0.598. The number of guanidine groups is 1. The van der Waals surface area contributed by atoms with Crippen LogP contribution in [0.1, 0.15) is 11.3 Å². The summed E-state index contributed by atoms with van der Waals surface area (Å²) in [4.78, 5) is 4.20. The summed E-state index contributed by atoms with van der Waals surface area (Å²) in [5.41, 5.74) is 2.32. The molecule has 20 heavy (non-hydrogen) atoms. The van der Waals surface area contributed by atoms with E-state index in [1.807, 2.05) is 41.9 Å². The second-order valence-corrected chi connectivity index (χ2v) is 4.57. The first-order valence-electron chi connectivity index (χ1n) is 6.58. The van der Waals surface area contributed by atoms with Crippen molar-refractivity contribution in [3.05, 3.63) is 35.9 Å². The van der Waals surface area contributed by atoms with E-state index in [-0.39, 0.29) is 0 Å². The zero-order chi connectivity index (χ0) is 14.4. The Kier molecular flexibility index (Phi) is 4.75. The van der Waals surface area contributed by atoms with Crippen molar-refractivity contribution >= 4 is 5.96 Å². The molecular weight excluding hydrogens is 254 g/mol. The average Bonchev–Trinajstić information content (AvgIpc) is 3.03. The standard InChI is InChI=1S/C13H21N7/c1-14-13(16-9-12-5-7-17-20(12)3)15-6-4-11-8-18-19(2)10-11/h5,7-8,10H,4,6,9H2,1-3H3,(H2,14,15,16). The Bertz CT molecular complexity index is 567. The van der Waals surface area contributed by atoms with E-state index in [2.05, 4.69) is 25.8 Å². The number of hydrogen-bond acceptors (Lipinski definition) is 3. The molecule has 2 aromatic rings. The summed E-state index contributed by atoms with van der Waals surface area (Å²) in [7, 11) is 5.61. The Hall–Kier alpha value is -2.31. The minimum absolute atomic E-state index is 0.697. The molecule has 0 bridgehead atoms. The number of aryl methyl sites for hydroxylation is 2. The van der Waals surface area contributed by atoms with Gasteiger partial charge in [-0.15, -0.1) is 0 Å². The molecule has 0 spiro atoms. The van der Waals surface area contributed by atoms with Crippen molar-refractivity contribution in [2.75, 3.05) is 13.6 Å². The monoisotopic (exact) mass is 275 g/mol. The van der Waals surface area contributed by atoms with Crippen LogP contribution in [0.15, 0.2) is 29.6 Å². The Morgan fingerprint density at radius 1 is 1.30 bits per heavy atom. The predicted octanol–water partition coefficient (Wildman–Crippen LogP) is 0.0613. The highest BCUT2D eigenvalue weighted by molar-refractivity contribution is 5.79. The third-order valence-electron chi connectivity index (χ3n) is 3.05. The number of aromatic nitrogens is 4. The third-order valence-corrected chi connectivity index (χ3v) is 3.05. The molecule has 0 radical (unpaired) electrons. The van der Waals surface area contributed by atoms with Crippen molar-refractivity contribution in [3.8, 4) is 0 Å². The molecule has 7 heteroatoms. The smallest absolute Gasteiger partial charge is 0.191 e. The van der Waals surface area contributed by atoms with Gasteiger partial charge in [0.05, 0.1) is 18.4 Å². The second kappa shape index (κ2) is 6.74. The topological polar surface area (TPSA) is 72.1 Å². The van der Waals surface area contributed by atoms with Crippen LogP contribution >= 0.6 is 0 Å². The van der Waals surface area contributed by atoms with Crippen LogP contribution in [0.4, 0.5) is 0 Å². The molecule has 2 aromatic heterocycles. The number of nitrogens with zero attached hydrogens (tertiary/aromatic N) is 5.